The molecular weight excluding hydrogens is 312 g/mol. The summed E-state index contributed by atoms with van der Waals surface area (Å²) in [5.74, 6) is 4.51. The monoisotopic (exact) mass is 316 g/mol. The van der Waals surface area contributed by atoms with Gasteiger partial charge in [0.25, 0.3) is 0 Å². The number of esters is 1. The Bertz CT molecular complexity index is 416. The van der Waals surface area contributed by atoms with Crippen molar-refractivity contribution in [2.45, 2.75) is 0 Å². The Hall–Kier alpha value is -0.790. The molecule has 0 saturated heterocycles. The molecule has 0 spiro atoms. The van der Waals surface area contributed by atoms with Crippen molar-refractivity contribution in [2.24, 2.45) is 0 Å². The summed E-state index contributed by atoms with van der Waals surface area (Å²) in [5, 5.41) is 0. The number of benzene rings is 1. The van der Waals surface area contributed by atoms with E-state index in [0.717, 1.165) is 14.5 Å². The molecule has 0 aliphatic carbocycles. The van der Waals surface area contributed by atoms with Gasteiger partial charge in [-0.05, 0) is 34.1 Å². The molecule has 4 heteroatoms. The van der Waals surface area contributed by atoms with Crippen LogP contribution >= 0.6 is 31.9 Å². The van der Waals surface area contributed by atoms with Crippen molar-refractivity contribution in [3.63, 3.8) is 0 Å². The van der Waals surface area contributed by atoms with E-state index in [-0.39, 0.29) is 0 Å². The van der Waals surface area contributed by atoms with Gasteiger partial charge in [-0.1, -0.05) is 21.9 Å². The third-order valence-electron chi connectivity index (χ3n) is 1.41. The number of carbonyl (C=O) groups is 1. The molecule has 0 heterocycles. The quantitative estimate of drug-likeness (QED) is 0.543. The van der Waals surface area contributed by atoms with Gasteiger partial charge in [0, 0.05) is 20.4 Å². The van der Waals surface area contributed by atoms with E-state index in [1.54, 1.807) is 0 Å². The minimum Gasteiger partial charge on any atom is -0.459 e. The van der Waals surface area contributed by atoms with Crippen LogP contribution in [0.4, 0.5) is 0 Å². The van der Waals surface area contributed by atoms with Gasteiger partial charge in [0.1, 0.15) is 0 Å². The Kier molecular flexibility index (Phi) is 4.18. The van der Waals surface area contributed by atoms with Gasteiger partial charge in [0.05, 0.1) is 7.11 Å². The zero-order chi connectivity index (χ0) is 10.6. The van der Waals surface area contributed by atoms with Gasteiger partial charge in [-0.2, -0.15) is 0 Å². The molecule has 0 fully saturated rings. The SMILES string of the molecule is COC(=O)C#Cc1cc(Br)ccc1Br. The molecule has 0 saturated carbocycles. The number of halogens is 2. The van der Waals surface area contributed by atoms with E-state index in [0.29, 0.717) is 0 Å². The fourth-order valence-electron chi connectivity index (χ4n) is 0.763. The smallest absolute Gasteiger partial charge is 0.384 e. The molecule has 1 aromatic rings. The molecule has 1 aromatic carbocycles. The standard InChI is InChI=1S/C10H6Br2O2/c1-14-10(13)5-2-7-6-8(11)3-4-9(7)12/h3-4,6H,1H3. The normalized spacial score (nSPS) is 8.79. The van der Waals surface area contributed by atoms with Crippen LogP contribution in [-0.2, 0) is 9.53 Å². The second-order valence-electron chi connectivity index (χ2n) is 2.37. The molecule has 0 bridgehead atoms. The van der Waals surface area contributed by atoms with Gasteiger partial charge in [-0.3, -0.25) is 0 Å². The van der Waals surface area contributed by atoms with E-state index >= 15 is 0 Å². The maximum atomic E-state index is 10.8. The van der Waals surface area contributed by atoms with E-state index in [9.17, 15) is 4.79 Å². The molecule has 0 radical (unpaired) electrons. The van der Waals surface area contributed by atoms with Crippen molar-refractivity contribution < 1.29 is 9.53 Å². The average Bonchev–Trinajstić information content (AvgIpc) is 2.19. The summed E-state index contributed by atoms with van der Waals surface area (Å²) in [7, 11) is 1.30. The topological polar surface area (TPSA) is 26.3 Å². The fourth-order valence-corrected chi connectivity index (χ4v) is 1.47. The predicted molar refractivity (Wildman–Crippen MR) is 60.7 cm³/mol. The number of methoxy groups -OCH3 is 1. The third-order valence-corrected chi connectivity index (χ3v) is 2.60. The average molecular weight is 318 g/mol. The van der Waals surface area contributed by atoms with Gasteiger partial charge in [0.2, 0.25) is 0 Å². The highest BCUT2D eigenvalue weighted by Crippen LogP contribution is 2.20. The number of rotatable bonds is 0. The lowest BCUT2D eigenvalue weighted by atomic mass is 10.2. The molecule has 0 aliphatic heterocycles. The van der Waals surface area contributed by atoms with Crippen molar-refractivity contribution in [1.82, 2.24) is 0 Å². The fraction of sp³-hybridized carbons (Fsp3) is 0.100. The molecule has 0 atom stereocenters. The van der Waals surface area contributed by atoms with Gasteiger partial charge in [-0.25, -0.2) is 4.79 Å². The number of ether oxygens (including phenoxy) is 1. The second-order valence-corrected chi connectivity index (χ2v) is 4.14. The van der Waals surface area contributed by atoms with Gasteiger partial charge < -0.3 is 4.74 Å². The first-order valence-corrected chi connectivity index (χ1v) is 5.27. The summed E-state index contributed by atoms with van der Waals surface area (Å²) in [5.41, 5.74) is 0.741. The van der Waals surface area contributed by atoms with Gasteiger partial charge in [0.15, 0.2) is 0 Å². The lowest BCUT2D eigenvalue weighted by Gasteiger charge is -1.95. The van der Waals surface area contributed by atoms with E-state index in [1.165, 1.54) is 7.11 Å². The third kappa shape index (κ3) is 3.17. The molecule has 1 rings (SSSR count). The summed E-state index contributed by atoms with van der Waals surface area (Å²) in [6.07, 6.45) is 0. The van der Waals surface area contributed by atoms with Crippen molar-refractivity contribution in [3.05, 3.63) is 32.7 Å². The second kappa shape index (κ2) is 5.18. The first kappa shape index (κ1) is 11.3. The Labute approximate surface area is 98.9 Å². The highest BCUT2D eigenvalue weighted by Gasteiger charge is 1.97. The summed E-state index contributed by atoms with van der Waals surface area (Å²) < 4.78 is 6.16. The number of hydrogen-bond acceptors (Lipinski definition) is 2. The van der Waals surface area contributed by atoms with Crippen LogP contribution in [0.2, 0.25) is 0 Å². The lowest BCUT2D eigenvalue weighted by Crippen LogP contribution is -1.94. The van der Waals surface area contributed by atoms with Crippen LogP contribution in [0.3, 0.4) is 0 Å². The highest BCUT2D eigenvalue weighted by molar-refractivity contribution is 9.11. The molecule has 0 N–H and O–H groups in total. The summed E-state index contributed by atoms with van der Waals surface area (Å²) in [4.78, 5) is 10.8. The number of carbonyl (C=O) groups excluding carboxylic acids is 1. The molecular formula is C10H6Br2O2. The van der Waals surface area contributed by atoms with E-state index in [2.05, 4.69) is 48.4 Å². The lowest BCUT2D eigenvalue weighted by molar-refractivity contribution is -0.133. The molecule has 0 unspecified atom stereocenters. The zero-order valence-corrected chi connectivity index (χ0v) is 10.5. The molecule has 0 aromatic heterocycles. The Morgan fingerprint density at radius 1 is 1.43 bits per heavy atom. The summed E-state index contributed by atoms with van der Waals surface area (Å²) >= 11 is 6.64. The molecule has 72 valence electrons. The Morgan fingerprint density at radius 2 is 2.14 bits per heavy atom. The van der Waals surface area contributed by atoms with Crippen LogP contribution in [-0.4, -0.2) is 13.1 Å². The highest BCUT2D eigenvalue weighted by atomic mass is 79.9. The summed E-state index contributed by atoms with van der Waals surface area (Å²) in [6.45, 7) is 0. The predicted octanol–water partition coefficient (Wildman–Crippen LogP) is 2.74. The zero-order valence-electron chi connectivity index (χ0n) is 7.30. The van der Waals surface area contributed by atoms with Crippen LogP contribution in [0, 0.1) is 11.8 Å². The Balaban J connectivity index is 3.00. The van der Waals surface area contributed by atoms with Crippen LogP contribution < -0.4 is 0 Å². The largest absolute Gasteiger partial charge is 0.459 e. The van der Waals surface area contributed by atoms with E-state index < -0.39 is 5.97 Å². The van der Waals surface area contributed by atoms with Gasteiger partial charge in [-0.15, -0.1) is 0 Å². The van der Waals surface area contributed by atoms with E-state index in [4.69, 9.17) is 0 Å². The van der Waals surface area contributed by atoms with Crippen LogP contribution in [0.1, 0.15) is 5.56 Å². The van der Waals surface area contributed by atoms with Crippen molar-refractivity contribution in [3.8, 4) is 11.8 Å². The van der Waals surface area contributed by atoms with Crippen molar-refractivity contribution in [1.29, 1.82) is 0 Å². The first-order chi connectivity index (χ1) is 6.63. The van der Waals surface area contributed by atoms with Gasteiger partial charge >= 0.3 is 5.97 Å². The minimum absolute atomic E-state index is 0.545. The Morgan fingerprint density at radius 3 is 2.79 bits per heavy atom. The van der Waals surface area contributed by atoms with Crippen molar-refractivity contribution in [2.75, 3.05) is 7.11 Å². The van der Waals surface area contributed by atoms with Crippen LogP contribution in [0.25, 0.3) is 0 Å². The maximum Gasteiger partial charge on any atom is 0.384 e. The summed E-state index contributed by atoms with van der Waals surface area (Å²) in [6, 6.07) is 5.55. The minimum atomic E-state index is -0.545. The molecule has 2 nitrogen and oxygen atoms in total. The maximum absolute atomic E-state index is 10.8. The molecule has 14 heavy (non-hydrogen) atoms. The number of hydrogen-bond donors (Lipinski definition) is 0. The van der Waals surface area contributed by atoms with Crippen molar-refractivity contribution >= 4 is 37.8 Å². The first-order valence-electron chi connectivity index (χ1n) is 3.68. The van der Waals surface area contributed by atoms with E-state index in [1.807, 2.05) is 18.2 Å². The molecule has 0 amide bonds. The molecule has 0 aliphatic rings. The van der Waals surface area contributed by atoms with Crippen LogP contribution in [0.15, 0.2) is 27.1 Å². The van der Waals surface area contributed by atoms with Crippen LogP contribution in [0.5, 0.6) is 0 Å².